The normalized spacial score (nSPS) is 11.1. The molecule has 0 N–H and O–H groups in total. The average molecular weight is 671 g/mol. The zero-order valence-electron chi connectivity index (χ0n) is 27.9. The van der Waals surface area contributed by atoms with E-state index in [2.05, 4.69) is 216 Å². The van der Waals surface area contributed by atoms with Crippen LogP contribution in [0.15, 0.2) is 206 Å². The first-order valence-electron chi connectivity index (χ1n) is 17.3. The van der Waals surface area contributed by atoms with Gasteiger partial charge in [-0.2, -0.15) is 0 Å². The van der Waals surface area contributed by atoms with Crippen LogP contribution in [0.1, 0.15) is 0 Å². The highest BCUT2D eigenvalue weighted by Gasteiger charge is 2.22. The lowest BCUT2D eigenvalue weighted by Crippen LogP contribution is -2.13. The van der Waals surface area contributed by atoms with E-state index in [-0.39, 0.29) is 0 Å². The molecule has 0 spiro atoms. The molecule has 8 aromatic carbocycles. The molecule has 0 unspecified atom stereocenters. The molecule has 2 nitrogen and oxygen atoms in total. The van der Waals surface area contributed by atoms with Crippen molar-refractivity contribution in [2.45, 2.75) is 0 Å². The number of anilines is 6. The van der Waals surface area contributed by atoms with Crippen LogP contribution in [-0.2, 0) is 0 Å². The minimum atomic E-state index is 1.10. The highest BCUT2D eigenvalue weighted by atomic mass is 32.1. The number of benzene rings is 8. The Labute approximate surface area is 302 Å². The zero-order valence-corrected chi connectivity index (χ0v) is 28.7. The van der Waals surface area contributed by atoms with E-state index in [0.717, 1.165) is 45.3 Å². The highest BCUT2D eigenvalue weighted by molar-refractivity contribution is 7.25. The number of para-hydroxylation sites is 5. The van der Waals surface area contributed by atoms with E-state index in [0.29, 0.717) is 0 Å². The van der Waals surface area contributed by atoms with Crippen LogP contribution in [0.3, 0.4) is 0 Å². The topological polar surface area (TPSA) is 6.48 Å². The smallest absolute Gasteiger partial charge is 0.0540 e. The Morgan fingerprint density at radius 1 is 0.294 bits per heavy atom. The van der Waals surface area contributed by atoms with E-state index >= 15 is 0 Å². The molecule has 1 aromatic heterocycles. The van der Waals surface area contributed by atoms with Gasteiger partial charge in [0.2, 0.25) is 0 Å². The number of hydrogen-bond acceptors (Lipinski definition) is 3. The van der Waals surface area contributed by atoms with Crippen molar-refractivity contribution in [3.05, 3.63) is 206 Å². The van der Waals surface area contributed by atoms with E-state index in [1.54, 1.807) is 0 Å². The molecule has 1 heterocycles. The van der Waals surface area contributed by atoms with E-state index < -0.39 is 0 Å². The van der Waals surface area contributed by atoms with Crippen molar-refractivity contribution < 1.29 is 0 Å². The summed E-state index contributed by atoms with van der Waals surface area (Å²) in [5.41, 5.74) is 11.4. The summed E-state index contributed by atoms with van der Waals surface area (Å²) in [6, 6.07) is 73.9. The van der Waals surface area contributed by atoms with Crippen LogP contribution in [0.5, 0.6) is 0 Å². The summed E-state index contributed by atoms with van der Waals surface area (Å²) in [5, 5.41) is 2.64. The largest absolute Gasteiger partial charge is 0.310 e. The molecule has 0 saturated heterocycles. The lowest BCUT2D eigenvalue weighted by atomic mass is 9.97. The number of hydrogen-bond donors (Lipinski definition) is 0. The third-order valence-electron chi connectivity index (χ3n) is 9.46. The van der Waals surface area contributed by atoms with Crippen molar-refractivity contribution in [1.29, 1.82) is 0 Å². The molecule has 0 aliphatic rings. The fourth-order valence-corrected chi connectivity index (χ4v) is 8.32. The fraction of sp³-hybridized carbons (Fsp3) is 0. The summed E-state index contributed by atoms with van der Waals surface area (Å²) in [6.07, 6.45) is 0. The SMILES string of the molecule is c1ccc(N(c2ccccc2)c2ccccc2-c2ccccc2N(c2ccccc2)c2ccc(-c3cccc4sc5ccccc5c34)cc2)cc1. The van der Waals surface area contributed by atoms with Crippen LogP contribution >= 0.6 is 11.3 Å². The molecule has 0 aliphatic carbocycles. The summed E-state index contributed by atoms with van der Waals surface area (Å²) in [6.45, 7) is 0. The molecule has 9 aromatic rings. The fourth-order valence-electron chi connectivity index (χ4n) is 7.18. The number of thiophene rings is 1. The van der Waals surface area contributed by atoms with Crippen LogP contribution in [-0.4, -0.2) is 0 Å². The predicted molar refractivity (Wildman–Crippen MR) is 220 cm³/mol. The third kappa shape index (κ3) is 5.74. The van der Waals surface area contributed by atoms with Gasteiger partial charge in [0.25, 0.3) is 0 Å². The Hall–Kier alpha value is -6.42. The van der Waals surface area contributed by atoms with Gasteiger partial charge in [-0.05, 0) is 83.9 Å². The van der Waals surface area contributed by atoms with Crippen molar-refractivity contribution in [1.82, 2.24) is 0 Å². The zero-order chi connectivity index (χ0) is 34.0. The second-order valence-electron chi connectivity index (χ2n) is 12.5. The van der Waals surface area contributed by atoms with Gasteiger partial charge in [0.05, 0.1) is 11.4 Å². The van der Waals surface area contributed by atoms with Crippen molar-refractivity contribution in [2.24, 2.45) is 0 Å². The Bertz CT molecular complexity index is 2540. The van der Waals surface area contributed by atoms with Crippen molar-refractivity contribution in [2.75, 3.05) is 9.80 Å². The number of rotatable bonds is 8. The van der Waals surface area contributed by atoms with Gasteiger partial charge in [0, 0.05) is 54.0 Å². The van der Waals surface area contributed by atoms with Gasteiger partial charge in [0.15, 0.2) is 0 Å². The molecule has 9 rings (SSSR count). The summed E-state index contributed by atoms with van der Waals surface area (Å²) in [5.74, 6) is 0. The number of fused-ring (bicyclic) bond motifs is 3. The van der Waals surface area contributed by atoms with Gasteiger partial charge in [0.1, 0.15) is 0 Å². The van der Waals surface area contributed by atoms with Gasteiger partial charge in [-0.3, -0.25) is 0 Å². The highest BCUT2D eigenvalue weighted by Crippen LogP contribution is 2.47. The maximum Gasteiger partial charge on any atom is 0.0540 e. The van der Waals surface area contributed by atoms with Gasteiger partial charge in [-0.1, -0.05) is 133 Å². The van der Waals surface area contributed by atoms with Crippen molar-refractivity contribution >= 4 is 65.6 Å². The Morgan fingerprint density at radius 2 is 0.706 bits per heavy atom. The molecule has 3 heteroatoms. The van der Waals surface area contributed by atoms with Crippen LogP contribution in [0, 0.1) is 0 Å². The van der Waals surface area contributed by atoms with E-state index in [9.17, 15) is 0 Å². The molecule has 0 saturated carbocycles. The second kappa shape index (κ2) is 13.5. The Morgan fingerprint density at radius 3 is 1.25 bits per heavy atom. The van der Waals surface area contributed by atoms with Crippen LogP contribution in [0.2, 0.25) is 0 Å². The lowest BCUT2D eigenvalue weighted by Gasteiger charge is -2.31. The van der Waals surface area contributed by atoms with Crippen LogP contribution < -0.4 is 9.80 Å². The maximum absolute atomic E-state index is 2.38. The molecule has 0 atom stereocenters. The van der Waals surface area contributed by atoms with Crippen molar-refractivity contribution in [3.63, 3.8) is 0 Å². The first kappa shape index (κ1) is 30.6. The van der Waals surface area contributed by atoms with Crippen LogP contribution in [0.4, 0.5) is 34.1 Å². The van der Waals surface area contributed by atoms with Crippen LogP contribution in [0.25, 0.3) is 42.4 Å². The Balaban J connectivity index is 1.19. The quantitative estimate of drug-likeness (QED) is 0.159. The van der Waals surface area contributed by atoms with E-state index in [4.69, 9.17) is 0 Å². The standard InChI is InChI=1S/C48H34N2S/c1-4-17-36(18-5-1)49(37-19-6-2-7-20-37)44-27-13-10-23-41(44)42-24-11-14-28-45(42)50(38-21-8-3-9-22-38)39-33-31-35(32-34-39)40-26-16-30-47-48(40)43-25-12-15-29-46(43)51-47/h1-34H. The van der Waals surface area contributed by atoms with Crippen molar-refractivity contribution in [3.8, 4) is 22.3 Å². The summed E-state index contributed by atoms with van der Waals surface area (Å²) in [4.78, 5) is 4.73. The molecule has 242 valence electrons. The monoisotopic (exact) mass is 670 g/mol. The summed E-state index contributed by atoms with van der Waals surface area (Å²) >= 11 is 1.86. The lowest BCUT2D eigenvalue weighted by molar-refractivity contribution is 1.27. The first-order chi connectivity index (χ1) is 25.3. The van der Waals surface area contributed by atoms with Gasteiger partial charge in [-0.15, -0.1) is 11.3 Å². The molecule has 0 aliphatic heterocycles. The van der Waals surface area contributed by atoms with E-state index in [1.165, 1.54) is 31.3 Å². The molecule has 51 heavy (non-hydrogen) atoms. The summed E-state index contributed by atoms with van der Waals surface area (Å²) < 4.78 is 2.64. The minimum absolute atomic E-state index is 1.10. The third-order valence-corrected chi connectivity index (χ3v) is 10.6. The molecule has 0 amide bonds. The molecule has 0 radical (unpaired) electrons. The average Bonchev–Trinajstić information content (AvgIpc) is 3.59. The molecule has 0 bridgehead atoms. The minimum Gasteiger partial charge on any atom is -0.310 e. The maximum atomic E-state index is 2.38. The molecular weight excluding hydrogens is 637 g/mol. The Kier molecular flexibility index (Phi) is 8.09. The first-order valence-corrected chi connectivity index (χ1v) is 18.1. The number of nitrogens with zero attached hydrogens (tertiary/aromatic N) is 2. The van der Waals surface area contributed by atoms with Gasteiger partial charge in [-0.25, -0.2) is 0 Å². The van der Waals surface area contributed by atoms with Gasteiger partial charge < -0.3 is 9.80 Å². The predicted octanol–water partition coefficient (Wildman–Crippen LogP) is 14.3. The van der Waals surface area contributed by atoms with Gasteiger partial charge >= 0.3 is 0 Å². The van der Waals surface area contributed by atoms with E-state index in [1.807, 2.05) is 11.3 Å². The summed E-state index contributed by atoms with van der Waals surface area (Å²) in [7, 11) is 0. The molecular formula is C48H34N2S. The second-order valence-corrected chi connectivity index (χ2v) is 13.6. The molecule has 0 fully saturated rings.